The lowest BCUT2D eigenvalue weighted by Crippen LogP contribution is -2.78. The summed E-state index contributed by atoms with van der Waals surface area (Å²) >= 11 is 0. The predicted octanol–water partition coefficient (Wildman–Crippen LogP) is 3.35. The molecule has 0 aliphatic rings. The first-order valence-electron chi connectivity index (χ1n) is 21.3. The van der Waals surface area contributed by atoms with Gasteiger partial charge in [0.05, 0.1) is 23.6 Å². The maximum atomic E-state index is 10.6. The largest absolute Gasteiger partial charge is 0.569 e. The molecule has 0 aromatic heterocycles. The van der Waals surface area contributed by atoms with E-state index in [4.69, 9.17) is 12.9 Å². The highest BCUT2D eigenvalue weighted by Crippen LogP contribution is 2.17. The maximum absolute atomic E-state index is 10.6. The Morgan fingerprint density at radius 2 is 0.723 bits per heavy atom. The molecule has 7 rings (SSSR count). The van der Waals surface area contributed by atoms with Crippen molar-refractivity contribution in [2.24, 2.45) is 0 Å². The molecule has 0 saturated carbocycles. The van der Waals surface area contributed by atoms with E-state index in [9.17, 15) is 14.6 Å². The van der Waals surface area contributed by atoms with Crippen LogP contribution in [0.1, 0.15) is 17.8 Å². The Morgan fingerprint density at radius 1 is 0.404 bits per heavy atom. The molecule has 0 aliphatic carbocycles. The lowest BCUT2D eigenvalue weighted by atomic mass is 10.3. The van der Waals surface area contributed by atoms with Gasteiger partial charge in [0, 0.05) is 0 Å². The topological polar surface area (TPSA) is 29.5 Å². The summed E-state index contributed by atoms with van der Waals surface area (Å²) in [5, 5.41) is 11.2. The second-order valence-corrected chi connectivity index (χ2v) is 18.0. The van der Waals surface area contributed by atoms with E-state index in [0.29, 0.717) is 20.7 Å². The second-order valence-electron chi connectivity index (χ2n) is 10.6. The molecule has 0 amide bonds. The summed E-state index contributed by atoms with van der Waals surface area (Å²) in [6.45, 7) is 0. The predicted molar refractivity (Wildman–Crippen MR) is 202 cm³/mol. The molecule has 5 heteroatoms. The van der Waals surface area contributed by atoms with Crippen LogP contribution in [-0.4, -0.2) is 28.9 Å². The zero-order chi connectivity index (χ0) is 43.3. The SMILES string of the molecule is [2H]c1c([2H])c([2H])c([Si](c2ccccc2)(c2ccccc2)c2c([2H])c(O[B]O)c([2H])c([Si](c3ccccc3)(c3ccccc3)c3c([2H])c([2H])c([2H])c([2H])c3[2H])c2[2H])c([2H])c1[2H]. The monoisotopic (exact) mass is 650 g/mol. The Balaban J connectivity index is 1.88. The van der Waals surface area contributed by atoms with Gasteiger partial charge in [-0.3, -0.25) is 0 Å². The van der Waals surface area contributed by atoms with E-state index in [-0.39, 0.29) is 28.4 Å². The standard InChI is InChI=1S/C42H34BO2Si2/c44-43-45-34-31-41(46(35-19-7-1-8-20-35,36-21-9-2-10-22-36)37-23-11-3-12-24-37)33-42(32-34)47(38-25-13-4-14-26-38,39-27-15-5-16-28-39)40-29-17-6-18-30-40/h1-33,44H/i1D,4D,7D,8D,13D,14D,19D,20D,25D,26D,31D,32D,33D. The molecule has 7 aromatic carbocycles. The zero-order valence-corrected chi connectivity index (χ0v) is 27.0. The van der Waals surface area contributed by atoms with Crippen LogP contribution >= 0.6 is 0 Å². The van der Waals surface area contributed by atoms with Crippen LogP contribution in [0, 0.1) is 0 Å². The van der Waals surface area contributed by atoms with Crippen LogP contribution < -0.4 is 46.1 Å². The number of rotatable bonds is 10. The van der Waals surface area contributed by atoms with Gasteiger partial charge in [0.25, 0.3) is 0 Å². The molecule has 7 aromatic rings. The highest BCUT2D eigenvalue weighted by molar-refractivity contribution is 7.22. The lowest BCUT2D eigenvalue weighted by molar-refractivity contribution is 0.454. The van der Waals surface area contributed by atoms with E-state index in [2.05, 4.69) is 0 Å². The van der Waals surface area contributed by atoms with E-state index in [0.717, 1.165) is 0 Å². The molecule has 0 heterocycles. The summed E-state index contributed by atoms with van der Waals surface area (Å²) in [6, 6.07) is 26.1. The fourth-order valence-electron chi connectivity index (χ4n) is 6.30. The highest BCUT2D eigenvalue weighted by atomic mass is 28.3. The minimum atomic E-state index is -4.63. The third-order valence-electron chi connectivity index (χ3n) is 8.22. The lowest BCUT2D eigenvalue weighted by Gasteiger charge is -2.38. The Hall–Kier alpha value is -5.20. The molecule has 2 nitrogen and oxygen atoms in total. The van der Waals surface area contributed by atoms with Gasteiger partial charge < -0.3 is 9.68 Å². The Bertz CT molecular complexity index is 2450. The van der Waals surface area contributed by atoms with Crippen molar-refractivity contribution in [2.75, 3.05) is 0 Å². The minimum absolute atomic E-state index is 0.183. The van der Waals surface area contributed by atoms with Gasteiger partial charge in [-0.05, 0) is 53.6 Å². The van der Waals surface area contributed by atoms with Gasteiger partial charge in [-0.1, -0.05) is 188 Å². The van der Waals surface area contributed by atoms with E-state index in [1.165, 1.54) is 0 Å². The van der Waals surface area contributed by atoms with Crippen LogP contribution in [0.4, 0.5) is 0 Å². The molecular weight excluding hydrogens is 603 g/mol. The first-order chi connectivity index (χ1) is 28.7. The second kappa shape index (κ2) is 13.7. The Labute approximate surface area is 298 Å². The summed E-state index contributed by atoms with van der Waals surface area (Å²) in [6.07, 6.45) is 0. The van der Waals surface area contributed by atoms with Crippen LogP contribution in [0.5, 0.6) is 5.75 Å². The minimum Gasteiger partial charge on any atom is -0.537 e. The Morgan fingerprint density at radius 3 is 1.02 bits per heavy atom. The molecule has 47 heavy (non-hydrogen) atoms. The first kappa shape index (κ1) is 18.8. The van der Waals surface area contributed by atoms with Crippen LogP contribution in [-0.2, 0) is 0 Å². The molecule has 0 fully saturated rings. The molecule has 0 atom stereocenters. The van der Waals surface area contributed by atoms with Crippen molar-refractivity contribution in [2.45, 2.75) is 0 Å². The summed E-state index contributed by atoms with van der Waals surface area (Å²) in [5.41, 5.74) is 0. The van der Waals surface area contributed by atoms with Crippen molar-refractivity contribution >= 4 is 65.3 Å². The molecular formula is C42H34BO2Si2. The molecule has 1 radical (unpaired) electrons. The summed E-state index contributed by atoms with van der Waals surface area (Å²) < 4.78 is 127. The molecule has 0 unspecified atom stereocenters. The van der Waals surface area contributed by atoms with E-state index < -0.39 is 100 Å². The van der Waals surface area contributed by atoms with Gasteiger partial charge in [0.1, 0.15) is 0 Å². The van der Waals surface area contributed by atoms with Gasteiger partial charge in [0.15, 0.2) is 16.1 Å². The molecule has 0 bridgehead atoms. The molecule has 0 spiro atoms. The average molecular weight is 651 g/mol. The third kappa shape index (κ3) is 5.49. The smallest absolute Gasteiger partial charge is 0.537 e. The number of hydrogen-bond donors (Lipinski definition) is 1. The van der Waals surface area contributed by atoms with Gasteiger partial charge in [0.2, 0.25) is 0 Å². The Kier molecular flexibility index (Phi) is 5.47. The quantitative estimate of drug-likeness (QED) is 0.182. The van der Waals surface area contributed by atoms with E-state index >= 15 is 0 Å². The molecule has 0 saturated heterocycles. The zero-order valence-electron chi connectivity index (χ0n) is 38.0. The van der Waals surface area contributed by atoms with Crippen molar-refractivity contribution in [3.05, 3.63) is 200 Å². The van der Waals surface area contributed by atoms with Crippen molar-refractivity contribution < 1.29 is 27.5 Å². The number of hydrogen-bond acceptors (Lipinski definition) is 2. The van der Waals surface area contributed by atoms with Crippen molar-refractivity contribution in [3.63, 3.8) is 0 Å². The fraction of sp³-hybridized carbons (Fsp3) is 0. The molecule has 225 valence electrons. The molecule has 0 aliphatic heterocycles. The van der Waals surface area contributed by atoms with Gasteiger partial charge in [-0.25, -0.2) is 0 Å². The van der Waals surface area contributed by atoms with E-state index in [1.807, 2.05) is 0 Å². The van der Waals surface area contributed by atoms with Gasteiger partial charge in [-0.15, -0.1) is 0 Å². The van der Waals surface area contributed by atoms with E-state index in [1.54, 1.807) is 121 Å². The van der Waals surface area contributed by atoms with Crippen LogP contribution in [0.15, 0.2) is 200 Å². The highest BCUT2D eigenvalue weighted by Gasteiger charge is 2.46. The van der Waals surface area contributed by atoms with Crippen molar-refractivity contribution in [1.29, 1.82) is 0 Å². The molecule has 1 N–H and O–H groups in total. The normalized spacial score (nSPS) is 15.4. The van der Waals surface area contributed by atoms with Crippen molar-refractivity contribution in [3.8, 4) is 5.75 Å². The van der Waals surface area contributed by atoms with Crippen LogP contribution in [0.3, 0.4) is 0 Å². The third-order valence-corrected chi connectivity index (χ3v) is 17.0. The summed E-state index contributed by atoms with van der Waals surface area (Å²) in [7, 11) is -8.97. The average Bonchev–Trinajstić information content (AvgIpc) is 3.27. The summed E-state index contributed by atoms with van der Waals surface area (Å²) in [5.74, 6) is -0.564. The van der Waals surface area contributed by atoms with Gasteiger partial charge >= 0.3 is 7.69 Å². The first-order valence-corrected chi connectivity index (χ1v) is 18.8. The maximum Gasteiger partial charge on any atom is 0.569 e. The van der Waals surface area contributed by atoms with Crippen LogP contribution in [0.2, 0.25) is 0 Å². The van der Waals surface area contributed by atoms with Crippen molar-refractivity contribution in [1.82, 2.24) is 0 Å². The number of benzene rings is 7. The van der Waals surface area contributed by atoms with Crippen LogP contribution in [0.25, 0.3) is 0 Å². The fourth-order valence-corrected chi connectivity index (χ4v) is 14.9. The summed E-state index contributed by atoms with van der Waals surface area (Å²) in [4.78, 5) is 0. The van der Waals surface area contributed by atoms with Gasteiger partial charge in [-0.2, -0.15) is 0 Å².